The van der Waals surface area contributed by atoms with Crippen LogP contribution in [0.5, 0.6) is 0 Å². The highest BCUT2D eigenvalue weighted by atomic mass is 79.9. The molecular formula is C15H20BrNO3. The van der Waals surface area contributed by atoms with Crippen LogP contribution < -0.4 is 0 Å². The Balaban J connectivity index is 2.00. The van der Waals surface area contributed by atoms with E-state index in [0.29, 0.717) is 5.56 Å². The molecule has 0 unspecified atom stereocenters. The fourth-order valence-corrected chi connectivity index (χ4v) is 3.03. The molecule has 1 fully saturated rings. The smallest absolute Gasteiger partial charge is 0.335 e. The van der Waals surface area contributed by atoms with Gasteiger partial charge in [-0.25, -0.2) is 4.79 Å². The first kappa shape index (κ1) is 15.5. The Kier molecular flexibility index (Phi) is 4.83. The summed E-state index contributed by atoms with van der Waals surface area (Å²) in [5.74, 6) is -0.914. The lowest BCUT2D eigenvalue weighted by Crippen LogP contribution is -2.43. The van der Waals surface area contributed by atoms with Crippen LogP contribution in [0.1, 0.15) is 42.1 Å². The molecule has 2 N–H and O–H groups in total. The molecule has 5 heteroatoms. The summed E-state index contributed by atoms with van der Waals surface area (Å²) in [6.45, 7) is 4.55. The van der Waals surface area contributed by atoms with Crippen molar-refractivity contribution in [3.63, 3.8) is 0 Å². The van der Waals surface area contributed by atoms with Crippen molar-refractivity contribution in [3.8, 4) is 0 Å². The van der Waals surface area contributed by atoms with Gasteiger partial charge in [-0.15, -0.1) is 0 Å². The zero-order valence-corrected chi connectivity index (χ0v) is 13.2. The molecule has 1 aliphatic rings. The molecule has 1 saturated heterocycles. The molecule has 1 aromatic carbocycles. The van der Waals surface area contributed by atoms with Crippen LogP contribution in [-0.2, 0) is 6.54 Å². The number of carbonyl (C=O) groups is 1. The average molecular weight is 342 g/mol. The molecule has 20 heavy (non-hydrogen) atoms. The molecule has 0 amide bonds. The predicted octanol–water partition coefficient (Wildman–Crippen LogP) is 2.88. The number of rotatable bonds is 4. The molecule has 0 saturated carbocycles. The number of halogens is 1. The molecule has 0 spiro atoms. The molecule has 0 aromatic heterocycles. The van der Waals surface area contributed by atoms with Crippen molar-refractivity contribution in [3.05, 3.63) is 33.8 Å². The predicted molar refractivity (Wildman–Crippen MR) is 80.9 cm³/mol. The Bertz CT molecular complexity index is 496. The van der Waals surface area contributed by atoms with E-state index in [2.05, 4.69) is 20.8 Å². The number of aliphatic hydroxyl groups is 1. The van der Waals surface area contributed by atoms with Gasteiger partial charge in [0.25, 0.3) is 0 Å². The first-order valence-corrected chi connectivity index (χ1v) is 7.69. The van der Waals surface area contributed by atoms with E-state index in [1.165, 1.54) is 0 Å². The van der Waals surface area contributed by atoms with Gasteiger partial charge in [-0.1, -0.05) is 28.9 Å². The van der Waals surface area contributed by atoms with Gasteiger partial charge in [-0.05, 0) is 37.0 Å². The number of piperidine rings is 1. The minimum atomic E-state index is -0.914. The summed E-state index contributed by atoms with van der Waals surface area (Å²) in [5, 5.41) is 19.2. The standard InChI is InChI=1S/C15H20BrNO3/c1-2-15(20)5-7-17(8-6-15)10-12-4-3-11(14(18)19)9-13(12)16/h3-4,9,20H,2,5-8,10H2,1H3,(H,18,19). The van der Waals surface area contributed by atoms with Crippen molar-refractivity contribution in [2.75, 3.05) is 13.1 Å². The van der Waals surface area contributed by atoms with E-state index < -0.39 is 11.6 Å². The topological polar surface area (TPSA) is 60.8 Å². The third-order valence-electron chi connectivity index (χ3n) is 4.14. The highest BCUT2D eigenvalue weighted by Gasteiger charge is 2.30. The summed E-state index contributed by atoms with van der Waals surface area (Å²) in [5.41, 5.74) is 0.873. The largest absolute Gasteiger partial charge is 0.478 e. The highest BCUT2D eigenvalue weighted by Crippen LogP contribution is 2.27. The van der Waals surface area contributed by atoms with Gasteiger partial charge in [0.1, 0.15) is 0 Å². The first-order chi connectivity index (χ1) is 9.43. The van der Waals surface area contributed by atoms with E-state index >= 15 is 0 Å². The molecule has 0 aliphatic carbocycles. The molecule has 1 heterocycles. The number of carboxylic acids is 1. The second kappa shape index (κ2) is 6.24. The fraction of sp³-hybridized carbons (Fsp3) is 0.533. The number of hydrogen-bond acceptors (Lipinski definition) is 3. The molecule has 0 radical (unpaired) electrons. The number of hydrogen-bond donors (Lipinski definition) is 2. The monoisotopic (exact) mass is 341 g/mol. The lowest BCUT2D eigenvalue weighted by molar-refractivity contribution is -0.0257. The average Bonchev–Trinajstić information content (AvgIpc) is 2.43. The van der Waals surface area contributed by atoms with Gasteiger partial charge in [0.15, 0.2) is 0 Å². The second-order valence-corrected chi connectivity index (χ2v) is 6.32. The molecule has 110 valence electrons. The number of carboxylic acid groups (broad SMARTS) is 1. The van der Waals surface area contributed by atoms with E-state index in [-0.39, 0.29) is 0 Å². The van der Waals surface area contributed by atoms with Gasteiger partial charge >= 0.3 is 5.97 Å². The SMILES string of the molecule is CCC1(O)CCN(Cc2ccc(C(=O)O)cc2Br)CC1. The number of benzene rings is 1. The van der Waals surface area contributed by atoms with Crippen molar-refractivity contribution in [1.29, 1.82) is 0 Å². The van der Waals surface area contributed by atoms with E-state index in [1.807, 2.05) is 13.0 Å². The number of nitrogens with zero attached hydrogens (tertiary/aromatic N) is 1. The fourth-order valence-electron chi connectivity index (χ4n) is 2.53. The van der Waals surface area contributed by atoms with Crippen molar-refractivity contribution in [2.24, 2.45) is 0 Å². The van der Waals surface area contributed by atoms with Crippen LogP contribution in [-0.4, -0.2) is 39.8 Å². The lowest BCUT2D eigenvalue weighted by Gasteiger charge is -2.37. The van der Waals surface area contributed by atoms with Crippen molar-refractivity contribution in [2.45, 2.75) is 38.3 Å². The minimum Gasteiger partial charge on any atom is -0.478 e. The van der Waals surface area contributed by atoms with E-state index in [4.69, 9.17) is 5.11 Å². The van der Waals surface area contributed by atoms with Gasteiger partial charge in [0.2, 0.25) is 0 Å². The molecular weight excluding hydrogens is 322 g/mol. The minimum absolute atomic E-state index is 0.291. The van der Waals surface area contributed by atoms with Gasteiger partial charge in [-0.2, -0.15) is 0 Å². The van der Waals surface area contributed by atoms with Gasteiger partial charge < -0.3 is 10.2 Å². The van der Waals surface area contributed by atoms with Gasteiger partial charge in [-0.3, -0.25) is 4.90 Å². The zero-order chi connectivity index (χ0) is 14.8. The summed E-state index contributed by atoms with van der Waals surface area (Å²) in [6.07, 6.45) is 2.40. The van der Waals surface area contributed by atoms with Crippen LogP contribution >= 0.6 is 15.9 Å². The zero-order valence-electron chi connectivity index (χ0n) is 11.6. The third-order valence-corrected chi connectivity index (χ3v) is 4.88. The Morgan fingerprint density at radius 3 is 2.55 bits per heavy atom. The number of likely N-dealkylation sites (tertiary alicyclic amines) is 1. The molecule has 0 bridgehead atoms. The molecule has 0 atom stereocenters. The highest BCUT2D eigenvalue weighted by molar-refractivity contribution is 9.10. The molecule has 2 rings (SSSR count). The van der Waals surface area contributed by atoms with Crippen LogP contribution in [0.3, 0.4) is 0 Å². The van der Waals surface area contributed by atoms with Crippen LogP contribution in [0.4, 0.5) is 0 Å². The maximum absolute atomic E-state index is 10.9. The molecule has 1 aliphatic heterocycles. The van der Waals surface area contributed by atoms with Crippen molar-refractivity contribution in [1.82, 2.24) is 4.90 Å². The van der Waals surface area contributed by atoms with Crippen LogP contribution in [0, 0.1) is 0 Å². The van der Waals surface area contributed by atoms with E-state index in [9.17, 15) is 9.90 Å². The summed E-state index contributed by atoms with van der Waals surface area (Å²) in [6, 6.07) is 5.13. The summed E-state index contributed by atoms with van der Waals surface area (Å²) in [7, 11) is 0. The maximum atomic E-state index is 10.9. The summed E-state index contributed by atoms with van der Waals surface area (Å²) in [4.78, 5) is 13.2. The maximum Gasteiger partial charge on any atom is 0.335 e. The van der Waals surface area contributed by atoms with Crippen molar-refractivity contribution >= 4 is 21.9 Å². The normalized spacial score (nSPS) is 18.9. The number of aromatic carboxylic acids is 1. The Morgan fingerprint density at radius 1 is 1.40 bits per heavy atom. The Labute approximate surface area is 127 Å². The quantitative estimate of drug-likeness (QED) is 0.883. The molecule has 1 aromatic rings. The summed E-state index contributed by atoms with van der Waals surface area (Å²) < 4.78 is 0.828. The third kappa shape index (κ3) is 3.59. The van der Waals surface area contributed by atoms with Crippen LogP contribution in [0.15, 0.2) is 22.7 Å². The van der Waals surface area contributed by atoms with Gasteiger partial charge in [0.05, 0.1) is 11.2 Å². The van der Waals surface area contributed by atoms with Gasteiger partial charge in [0, 0.05) is 24.1 Å². The Morgan fingerprint density at radius 2 is 2.05 bits per heavy atom. The van der Waals surface area contributed by atoms with Crippen LogP contribution in [0.2, 0.25) is 0 Å². The second-order valence-electron chi connectivity index (χ2n) is 5.47. The Hall–Kier alpha value is -0.910. The summed E-state index contributed by atoms with van der Waals surface area (Å²) >= 11 is 3.44. The first-order valence-electron chi connectivity index (χ1n) is 6.90. The molecule has 4 nitrogen and oxygen atoms in total. The van der Waals surface area contributed by atoms with Crippen molar-refractivity contribution < 1.29 is 15.0 Å². The van der Waals surface area contributed by atoms with Crippen LogP contribution in [0.25, 0.3) is 0 Å². The lowest BCUT2D eigenvalue weighted by atomic mass is 9.89. The van der Waals surface area contributed by atoms with E-state index in [1.54, 1.807) is 12.1 Å². The van der Waals surface area contributed by atoms with E-state index in [0.717, 1.165) is 48.9 Å².